The highest BCUT2D eigenvalue weighted by Crippen LogP contribution is 2.32. The minimum absolute atomic E-state index is 0.0676. The summed E-state index contributed by atoms with van der Waals surface area (Å²) in [7, 11) is -1.92. The molecule has 1 heterocycles. The average molecular weight is 334 g/mol. The topological polar surface area (TPSA) is 66.1 Å². The van der Waals surface area contributed by atoms with Crippen LogP contribution in [0.4, 0.5) is 0 Å². The molecular formula is C14H24ClN3O2S. The van der Waals surface area contributed by atoms with E-state index in [1.165, 1.54) is 10.7 Å². The third-order valence-electron chi connectivity index (χ3n) is 4.70. The van der Waals surface area contributed by atoms with Gasteiger partial charge in [0.25, 0.3) is 10.0 Å². The van der Waals surface area contributed by atoms with Gasteiger partial charge >= 0.3 is 0 Å². The highest BCUT2D eigenvalue weighted by atomic mass is 35.5. The Labute approximate surface area is 132 Å². The highest BCUT2D eigenvalue weighted by Gasteiger charge is 2.34. The van der Waals surface area contributed by atoms with E-state index in [4.69, 9.17) is 11.6 Å². The number of rotatable bonds is 5. The Hall–Kier alpha value is -0.590. The molecule has 1 aromatic rings. The molecule has 5 nitrogen and oxygen atoms in total. The lowest BCUT2D eigenvalue weighted by Crippen LogP contribution is -2.39. The van der Waals surface area contributed by atoms with Crippen molar-refractivity contribution in [2.75, 3.05) is 7.05 Å². The van der Waals surface area contributed by atoms with Gasteiger partial charge < -0.3 is 0 Å². The molecule has 0 bridgehead atoms. The van der Waals surface area contributed by atoms with Crippen LogP contribution in [0.1, 0.15) is 50.3 Å². The molecule has 0 spiro atoms. The Morgan fingerprint density at radius 2 is 1.95 bits per heavy atom. The summed E-state index contributed by atoms with van der Waals surface area (Å²) in [5, 5.41) is 6.77. The normalized spacial score (nSPS) is 23.7. The molecule has 0 aliphatic heterocycles. The molecule has 0 saturated heterocycles. The predicted molar refractivity (Wildman–Crippen MR) is 83.9 cm³/mol. The van der Waals surface area contributed by atoms with Gasteiger partial charge in [-0.1, -0.05) is 13.3 Å². The first-order valence-corrected chi connectivity index (χ1v) is 9.47. The summed E-state index contributed by atoms with van der Waals surface area (Å²) in [6.07, 6.45) is 5.23. The highest BCUT2D eigenvalue weighted by molar-refractivity contribution is 7.89. The van der Waals surface area contributed by atoms with Crippen molar-refractivity contribution < 1.29 is 8.42 Å². The van der Waals surface area contributed by atoms with Gasteiger partial charge in [0.2, 0.25) is 0 Å². The fourth-order valence-corrected chi connectivity index (χ4v) is 5.03. The van der Waals surface area contributed by atoms with Crippen molar-refractivity contribution in [2.45, 2.75) is 62.9 Å². The quantitative estimate of drug-likeness (QED) is 0.842. The molecule has 0 unspecified atom stereocenters. The number of sulfonamides is 1. The molecule has 21 heavy (non-hydrogen) atoms. The van der Waals surface area contributed by atoms with Crippen molar-refractivity contribution in [2.24, 2.45) is 5.92 Å². The van der Waals surface area contributed by atoms with Crippen LogP contribution in [0.3, 0.4) is 0 Å². The van der Waals surface area contributed by atoms with Crippen LogP contribution in [-0.4, -0.2) is 36.0 Å². The lowest BCUT2D eigenvalue weighted by Gasteiger charge is -2.33. The van der Waals surface area contributed by atoms with Gasteiger partial charge in [0.1, 0.15) is 0 Å². The van der Waals surface area contributed by atoms with Crippen LogP contribution >= 0.6 is 11.6 Å². The Balaban J connectivity index is 2.19. The van der Waals surface area contributed by atoms with E-state index in [1.807, 2.05) is 0 Å². The summed E-state index contributed by atoms with van der Waals surface area (Å²) in [6, 6.07) is 0.0676. The van der Waals surface area contributed by atoms with Gasteiger partial charge in [-0.05, 0) is 38.5 Å². The predicted octanol–water partition coefficient (Wildman–Crippen LogP) is 3.05. The number of hydrogen-bond donors (Lipinski definition) is 1. The first-order chi connectivity index (χ1) is 9.91. The van der Waals surface area contributed by atoms with E-state index >= 15 is 0 Å². The molecule has 1 aromatic heterocycles. The van der Waals surface area contributed by atoms with Crippen LogP contribution < -0.4 is 0 Å². The molecule has 0 amide bonds. The van der Waals surface area contributed by atoms with Gasteiger partial charge in [0, 0.05) is 24.3 Å². The lowest BCUT2D eigenvalue weighted by molar-refractivity contribution is 0.232. The first kappa shape index (κ1) is 16.8. The van der Waals surface area contributed by atoms with E-state index in [0.717, 1.165) is 31.6 Å². The molecule has 0 radical (unpaired) electrons. The summed E-state index contributed by atoms with van der Waals surface area (Å²) in [6.45, 7) is 3.99. The van der Waals surface area contributed by atoms with E-state index in [9.17, 15) is 8.42 Å². The largest absolute Gasteiger partial charge is 0.281 e. The summed E-state index contributed by atoms with van der Waals surface area (Å²) in [4.78, 5) is 0. The number of halogens is 1. The second-order valence-electron chi connectivity index (χ2n) is 5.87. The minimum Gasteiger partial charge on any atom is -0.281 e. The molecule has 1 aliphatic carbocycles. The zero-order valence-corrected chi connectivity index (χ0v) is 14.5. The lowest BCUT2D eigenvalue weighted by atomic mass is 9.85. The van der Waals surface area contributed by atoms with Gasteiger partial charge in [0.05, 0.1) is 5.88 Å². The zero-order chi connectivity index (χ0) is 15.6. The molecule has 2 rings (SSSR count). The second kappa shape index (κ2) is 6.67. The molecule has 1 N–H and O–H groups in total. The van der Waals surface area contributed by atoms with Crippen molar-refractivity contribution in [3.05, 3.63) is 11.3 Å². The molecule has 7 heteroatoms. The van der Waals surface area contributed by atoms with Gasteiger partial charge in [-0.25, -0.2) is 8.42 Å². The molecule has 0 atom stereocenters. The maximum atomic E-state index is 12.8. The molecule has 0 aromatic carbocycles. The summed E-state index contributed by atoms with van der Waals surface area (Å²) >= 11 is 5.87. The van der Waals surface area contributed by atoms with Gasteiger partial charge in [-0.15, -0.1) is 11.6 Å². The Bertz CT molecular complexity index is 577. The zero-order valence-electron chi connectivity index (χ0n) is 12.9. The molecule has 120 valence electrons. The van der Waals surface area contributed by atoms with Crippen molar-refractivity contribution in [1.82, 2.24) is 14.5 Å². The van der Waals surface area contributed by atoms with Crippen molar-refractivity contribution in [3.63, 3.8) is 0 Å². The Morgan fingerprint density at radius 1 is 1.33 bits per heavy atom. The number of hydrogen-bond acceptors (Lipinski definition) is 3. The summed E-state index contributed by atoms with van der Waals surface area (Å²) < 4.78 is 27.0. The SMILES string of the molecule is CCC1CCC(N(C)S(=O)(=O)c2n[nH]c(C)c2CCl)CC1. The smallest absolute Gasteiger partial charge is 0.262 e. The van der Waals surface area contributed by atoms with Crippen LogP contribution in [0.25, 0.3) is 0 Å². The van der Waals surface area contributed by atoms with E-state index in [0.29, 0.717) is 11.3 Å². The second-order valence-corrected chi connectivity index (χ2v) is 8.05. The molecular weight excluding hydrogens is 310 g/mol. The van der Waals surface area contributed by atoms with Crippen LogP contribution in [0, 0.1) is 12.8 Å². The Kier molecular flexibility index (Phi) is 5.33. The van der Waals surface area contributed by atoms with E-state index in [-0.39, 0.29) is 16.9 Å². The number of aryl methyl sites for hydroxylation is 1. The standard InChI is InChI=1S/C14H24ClN3O2S/c1-4-11-5-7-12(8-6-11)18(3)21(19,20)14-13(9-15)10(2)16-17-14/h11-12H,4-9H2,1-3H3,(H,16,17). The summed E-state index contributed by atoms with van der Waals surface area (Å²) in [5.41, 5.74) is 1.29. The van der Waals surface area contributed by atoms with Crippen LogP contribution in [0.15, 0.2) is 5.03 Å². The van der Waals surface area contributed by atoms with Gasteiger partial charge in [0.15, 0.2) is 5.03 Å². The van der Waals surface area contributed by atoms with Crippen LogP contribution in [0.5, 0.6) is 0 Å². The molecule has 1 fully saturated rings. The fraction of sp³-hybridized carbons (Fsp3) is 0.786. The average Bonchev–Trinajstić information content (AvgIpc) is 2.88. The van der Waals surface area contributed by atoms with E-state index in [2.05, 4.69) is 17.1 Å². The number of aromatic nitrogens is 2. The van der Waals surface area contributed by atoms with Crippen molar-refractivity contribution in [3.8, 4) is 0 Å². The first-order valence-electron chi connectivity index (χ1n) is 7.49. The van der Waals surface area contributed by atoms with Gasteiger partial charge in [-0.2, -0.15) is 9.40 Å². The van der Waals surface area contributed by atoms with Crippen LogP contribution in [-0.2, 0) is 15.9 Å². The third kappa shape index (κ3) is 3.27. The van der Waals surface area contributed by atoms with E-state index in [1.54, 1.807) is 14.0 Å². The number of nitrogens with zero attached hydrogens (tertiary/aromatic N) is 2. The number of alkyl halides is 1. The third-order valence-corrected chi connectivity index (χ3v) is 6.85. The number of nitrogens with one attached hydrogen (secondary N) is 1. The maximum Gasteiger partial charge on any atom is 0.262 e. The molecule has 1 aliphatic rings. The van der Waals surface area contributed by atoms with Gasteiger partial charge in [-0.3, -0.25) is 5.10 Å². The van der Waals surface area contributed by atoms with Crippen molar-refractivity contribution in [1.29, 1.82) is 0 Å². The minimum atomic E-state index is -3.58. The number of aromatic amines is 1. The van der Waals surface area contributed by atoms with Crippen molar-refractivity contribution >= 4 is 21.6 Å². The Morgan fingerprint density at radius 3 is 2.48 bits per heavy atom. The monoisotopic (exact) mass is 333 g/mol. The van der Waals surface area contributed by atoms with E-state index < -0.39 is 10.0 Å². The fourth-order valence-electron chi connectivity index (χ4n) is 3.05. The number of H-pyrrole nitrogens is 1. The maximum absolute atomic E-state index is 12.8. The van der Waals surface area contributed by atoms with Crippen LogP contribution in [0.2, 0.25) is 0 Å². The molecule has 1 saturated carbocycles. The summed E-state index contributed by atoms with van der Waals surface area (Å²) in [5.74, 6) is 0.885.